The molecule has 0 aliphatic carbocycles. The fraction of sp³-hybridized carbons (Fsp3) is 0.831. The number of amides is 1. The molecule has 1 amide bonds. The first-order valence-electron chi connectivity index (χ1n) is 34.6. The van der Waals surface area contributed by atoms with Crippen molar-refractivity contribution in [2.75, 3.05) is 19.8 Å². The molecule has 1 saturated heterocycles. The third-order valence-electron chi connectivity index (χ3n) is 16.1. The standard InChI is InChI=1S/C71H129NO10/c1-3-5-7-9-11-13-15-16-35-39-43-47-51-55-59-67(76)80-60-56-52-48-44-40-36-33-31-29-27-25-23-21-19-17-18-20-22-24-26-28-30-32-34-38-42-46-50-54-58-66(75)72-63(62-81-71-70(79)69(78)68(77)65(61-73)82-71)64(74)57-53-49-45-41-37-14-12-10-8-6-4-2/h9,11,15-17,19,23,25,53,57,63-65,68-71,73-74,77-79H,3-8,10,12-14,18,20-22,24,26-52,54-56,58-62H2,1-2H3,(H,72,75)/b11-9-,16-15-,19-17-,25-23-,57-53+. The second-order valence-electron chi connectivity index (χ2n) is 23.9. The maximum absolute atomic E-state index is 13.0. The quantitative estimate of drug-likeness (QED) is 0.0195. The summed E-state index contributed by atoms with van der Waals surface area (Å²) in [5.74, 6) is -0.195. The lowest BCUT2D eigenvalue weighted by atomic mass is 9.99. The van der Waals surface area contributed by atoms with Crippen LogP contribution in [0.4, 0.5) is 0 Å². The van der Waals surface area contributed by atoms with Crippen LogP contribution in [-0.2, 0) is 23.8 Å². The third kappa shape index (κ3) is 48.6. The van der Waals surface area contributed by atoms with E-state index in [1.807, 2.05) is 6.08 Å². The average molecular weight is 1160 g/mol. The molecule has 7 unspecified atom stereocenters. The van der Waals surface area contributed by atoms with Gasteiger partial charge in [-0.3, -0.25) is 9.59 Å². The number of aliphatic hydroxyl groups is 5. The zero-order chi connectivity index (χ0) is 59.5. The fourth-order valence-electron chi connectivity index (χ4n) is 10.6. The van der Waals surface area contributed by atoms with Crippen molar-refractivity contribution in [1.82, 2.24) is 5.32 Å². The fourth-order valence-corrected chi connectivity index (χ4v) is 10.6. The van der Waals surface area contributed by atoms with Gasteiger partial charge in [0.2, 0.25) is 5.91 Å². The van der Waals surface area contributed by atoms with Crippen LogP contribution in [0.2, 0.25) is 0 Å². The highest BCUT2D eigenvalue weighted by atomic mass is 16.7. The van der Waals surface area contributed by atoms with Crippen molar-refractivity contribution in [3.05, 3.63) is 60.8 Å². The SMILES string of the molecule is CCCC/C=C\C/C=C\CCCCCCCC(=O)OCCCCCCCCCCC/C=C\C/C=C\CCCCCCCCCCCCCCCC(=O)NC(COC1OC(CO)C(O)C(O)C1O)C(O)/C=C/CCCCCCCCCCC. The second kappa shape index (κ2) is 60.1. The van der Waals surface area contributed by atoms with Gasteiger partial charge in [0, 0.05) is 12.8 Å². The van der Waals surface area contributed by atoms with Crippen LogP contribution in [-0.4, -0.2) is 100 Å². The van der Waals surface area contributed by atoms with E-state index in [1.54, 1.807) is 6.08 Å². The molecule has 478 valence electrons. The molecule has 7 atom stereocenters. The van der Waals surface area contributed by atoms with E-state index >= 15 is 0 Å². The summed E-state index contributed by atoms with van der Waals surface area (Å²) in [4.78, 5) is 25.1. The first-order valence-corrected chi connectivity index (χ1v) is 34.6. The number of carbonyl (C=O) groups is 2. The van der Waals surface area contributed by atoms with E-state index in [2.05, 4.69) is 67.8 Å². The molecule has 0 aromatic carbocycles. The predicted octanol–water partition coefficient (Wildman–Crippen LogP) is 17.3. The van der Waals surface area contributed by atoms with Gasteiger partial charge in [-0.1, -0.05) is 274 Å². The van der Waals surface area contributed by atoms with Gasteiger partial charge >= 0.3 is 5.97 Å². The molecule has 1 rings (SSSR count). The lowest BCUT2D eigenvalue weighted by molar-refractivity contribution is -0.302. The molecule has 0 radical (unpaired) electrons. The van der Waals surface area contributed by atoms with Gasteiger partial charge in [-0.25, -0.2) is 0 Å². The zero-order valence-corrected chi connectivity index (χ0v) is 52.9. The summed E-state index contributed by atoms with van der Waals surface area (Å²) < 4.78 is 16.7. The summed E-state index contributed by atoms with van der Waals surface area (Å²) in [5.41, 5.74) is 0. The van der Waals surface area contributed by atoms with Crippen LogP contribution in [0.25, 0.3) is 0 Å². The van der Waals surface area contributed by atoms with Crippen molar-refractivity contribution in [3.8, 4) is 0 Å². The monoisotopic (exact) mass is 1160 g/mol. The number of esters is 1. The smallest absolute Gasteiger partial charge is 0.305 e. The number of hydrogen-bond donors (Lipinski definition) is 6. The molecular formula is C71H129NO10. The zero-order valence-electron chi connectivity index (χ0n) is 52.9. The maximum atomic E-state index is 13.0. The van der Waals surface area contributed by atoms with Crippen LogP contribution in [0.1, 0.15) is 316 Å². The molecule has 0 bridgehead atoms. The van der Waals surface area contributed by atoms with E-state index in [9.17, 15) is 35.1 Å². The van der Waals surface area contributed by atoms with Crippen LogP contribution >= 0.6 is 0 Å². The lowest BCUT2D eigenvalue weighted by Gasteiger charge is -2.40. The van der Waals surface area contributed by atoms with E-state index in [1.165, 1.54) is 212 Å². The Labute approximate surface area is 503 Å². The highest BCUT2D eigenvalue weighted by molar-refractivity contribution is 5.76. The van der Waals surface area contributed by atoms with Crippen molar-refractivity contribution in [2.24, 2.45) is 0 Å². The Balaban J connectivity index is 1.97. The Morgan fingerprint density at radius 2 is 0.829 bits per heavy atom. The Hall–Kier alpha value is -2.64. The number of hydrogen-bond acceptors (Lipinski definition) is 10. The Morgan fingerprint density at radius 1 is 0.451 bits per heavy atom. The van der Waals surface area contributed by atoms with Gasteiger partial charge in [-0.05, 0) is 89.9 Å². The second-order valence-corrected chi connectivity index (χ2v) is 23.9. The van der Waals surface area contributed by atoms with Gasteiger partial charge in [0.25, 0.3) is 0 Å². The molecule has 6 N–H and O–H groups in total. The molecule has 11 heteroatoms. The van der Waals surface area contributed by atoms with E-state index in [4.69, 9.17) is 14.2 Å². The minimum absolute atomic E-state index is 0.0117. The molecule has 1 aliphatic rings. The number of nitrogens with one attached hydrogen (secondary N) is 1. The van der Waals surface area contributed by atoms with E-state index in [0.717, 1.165) is 77.0 Å². The van der Waals surface area contributed by atoms with Gasteiger partial charge in [-0.2, -0.15) is 0 Å². The molecule has 0 aromatic heterocycles. The van der Waals surface area contributed by atoms with E-state index in [0.29, 0.717) is 19.4 Å². The first kappa shape index (κ1) is 77.4. The van der Waals surface area contributed by atoms with Crippen molar-refractivity contribution in [3.63, 3.8) is 0 Å². The number of aliphatic hydroxyl groups excluding tert-OH is 5. The number of allylic oxidation sites excluding steroid dienone is 9. The Bertz CT molecular complexity index is 1550. The average Bonchev–Trinajstić information content (AvgIpc) is 3.54. The third-order valence-corrected chi connectivity index (χ3v) is 16.1. The van der Waals surface area contributed by atoms with Gasteiger partial charge in [0.1, 0.15) is 24.4 Å². The Kier molecular flexibility index (Phi) is 56.7. The summed E-state index contributed by atoms with van der Waals surface area (Å²) >= 11 is 0. The van der Waals surface area contributed by atoms with E-state index in [-0.39, 0.29) is 18.5 Å². The summed E-state index contributed by atoms with van der Waals surface area (Å²) in [6, 6.07) is -0.811. The molecule has 0 spiro atoms. The number of carbonyl (C=O) groups excluding carboxylic acids is 2. The minimum atomic E-state index is -1.57. The van der Waals surface area contributed by atoms with Gasteiger partial charge in [-0.15, -0.1) is 0 Å². The van der Waals surface area contributed by atoms with Crippen LogP contribution in [0.15, 0.2) is 60.8 Å². The van der Waals surface area contributed by atoms with Crippen LogP contribution < -0.4 is 5.32 Å². The summed E-state index contributed by atoms with van der Waals surface area (Å²) in [7, 11) is 0. The van der Waals surface area contributed by atoms with Crippen LogP contribution in [0.5, 0.6) is 0 Å². The summed E-state index contributed by atoms with van der Waals surface area (Å²) in [6.07, 6.45) is 69.2. The maximum Gasteiger partial charge on any atom is 0.305 e. The summed E-state index contributed by atoms with van der Waals surface area (Å²) in [6.45, 7) is 4.30. The van der Waals surface area contributed by atoms with Crippen molar-refractivity contribution in [1.29, 1.82) is 0 Å². The highest BCUT2D eigenvalue weighted by Crippen LogP contribution is 2.23. The number of ether oxygens (including phenoxy) is 3. The van der Waals surface area contributed by atoms with Crippen LogP contribution in [0.3, 0.4) is 0 Å². The van der Waals surface area contributed by atoms with Gasteiger partial charge in [0.15, 0.2) is 6.29 Å². The van der Waals surface area contributed by atoms with Crippen molar-refractivity contribution in [2.45, 2.75) is 358 Å². The normalized spacial score (nSPS) is 18.5. The first-order chi connectivity index (χ1) is 40.2. The topological polar surface area (TPSA) is 175 Å². The minimum Gasteiger partial charge on any atom is -0.466 e. The largest absolute Gasteiger partial charge is 0.466 e. The molecule has 82 heavy (non-hydrogen) atoms. The van der Waals surface area contributed by atoms with E-state index < -0.39 is 49.5 Å². The molecular weight excluding hydrogens is 1030 g/mol. The Morgan fingerprint density at radius 3 is 1.27 bits per heavy atom. The number of rotatable bonds is 60. The van der Waals surface area contributed by atoms with Gasteiger partial charge in [0.05, 0.1) is 32.0 Å². The van der Waals surface area contributed by atoms with Crippen molar-refractivity contribution < 1.29 is 49.3 Å². The molecule has 11 nitrogen and oxygen atoms in total. The number of unbranched alkanes of at least 4 members (excludes halogenated alkanes) is 38. The lowest BCUT2D eigenvalue weighted by Crippen LogP contribution is -2.60. The summed E-state index contributed by atoms with van der Waals surface area (Å²) in [5, 5.41) is 54.4. The highest BCUT2D eigenvalue weighted by Gasteiger charge is 2.44. The van der Waals surface area contributed by atoms with Crippen LogP contribution in [0, 0.1) is 0 Å². The molecule has 1 aliphatic heterocycles. The van der Waals surface area contributed by atoms with Gasteiger partial charge < -0.3 is 45.1 Å². The molecule has 0 aromatic rings. The van der Waals surface area contributed by atoms with Crippen molar-refractivity contribution >= 4 is 11.9 Å². The predicted molar refractivity (Wildman–Crippen MR) is 343 cm³/mol. The molecule has 0 saturated carbocycles. The molecule has 1 heterocycles. The molecule has 1 fully saturated rings.